The monoisotopic (exact) mass is 218 g/mol. The molecule has 1 aliphatic heterocycles. The maximum absolute atomic E-state index is 11.9. The van der Waals surface area contributed by atoms with E-state index in [2.05, 4.69) is 0 Å². The number of nitrogens with zero attached hydrogens (tertiary/aromatic N) is 1. The molecular formula is C11H13BNO3. The molecule has 1 aromatic carbocycles. The van der Waals surface area contributed by atoms with Gasteiger partial charge in [-0.05, 0) is 37.1 Å². The Labute approximate surface area is 95.1 Å². The molecule has 1 amide bonds. The van der Waals surface area contributed by atoms with E-state index < -0.39 is 0 Å². The van der Waals surface area contributed by atoms with E-state index in [4.69, 9.17) is 9.68 Å². The van der Waals surface area contributed by atoms with Crippen LogP contribution in [0, 0.1) is 0 Å². The van der Waals surface area contributed by atoms with Crippen LogP contribution in [0.25, 0.3) is 0 Å². The lowest BCUT2D eigenvalue weighted by atomic mass is 10.2. The predicted molar refractivity (Wildman–Crippen MR) is 60.2 cm³/mol. The number of carbonyl (C=O) groups is 1. The first kappa shape index (κ1) is 11.0. The lowest BCUT2D eigenvalue weighted by Gasteiger charge is -2.15. The Morgan fingerprint density at radius 2 is 1.88 bits per heavy atom. The summed E-state index contributed by atoms with van der Waals surface area (Å²) >= 11 is 0. The molecule has 0 atom stereocenters. The lowest BCUT2D eigenvalue weighted by molar-refractivity contribution is 0.0793. The Hall–Kier alpha value is -1.49. The first-order valence-corrected chi connectivity index (χ1v) is 5.33. The van der Waals surface area contributed by atoms with Gasteiger partial charge in [-0.3, -0.25) is 4.79 Å². The van der Waals surface area contributed by atoms with Gasteiger partial charge in [-0.25, -0.2) is 0 Å². The second kappa shape index (κ2) is 5.03. The lowest BCUT2D eigenvalue weighted by Crippen LogP contribution is -2.27. The molecule has 2 rings (SSSR count). The van der Waals surface area contributed by atoms with Crippen LogP contribution in [0.15, 0.2) is 24.3 Å². The first-order chi connectivity index (χ1) is 7.81. The van der Waals surface area contributed by atoms with Crippen LogP contribution in [0.4, 0.5) is 0 Å². The summed E-state index contributed by atoms with van der Waals surface area (Å²) < 4.78 is 4.77. The zero-order valence-electron chi connectivity index (χ0n) is 8.93. The van der Waals surface area contributed by atoms with Gasteiger partial charge < -0.3 is 14.6 Å². The number of hydrogen-bond donors (Lipinski definition) is 1. The number of carbonyl (C=O) groups excluding carboxylic acids is 1. The minimum Gasteiger partial charge on any atom is -0.537 e. The van der Waals surface area contributed by atoms with Gasteiger partial charge in [0.15, 0.2) is 0 Å². The molecule has 1 heterocycles. The van der Waals surface area contributed by atoms with Crippen molar-refractivity contribution in [3.8, 4) is 5.75 Å². The highest BCUT2D eigenvalue weighted by Crippen LogP contribution is 2.16. The van der Waals surface area contributed by atoms with Gasteiger partial charge in [0.05, 0.1) is 0 Å². The van der Waals surface area contributed by atoms with Crippen LogP contribution in [-0.2, 0) is 0 Å². The van der Waals surface area contributed by atoms with Crippen LogP contribution in [-0.4, -0.2) is 36.6 Å². The highest BCUT2D eigenvalue weighted by molar-refractivity contribution is 6.17. The largest absolute Gasteiger partial charge is 0.569 e. The Morgan fingerprint density at radius 3 is 2.44 bits per heavy atom. The molecule has 1 aromatic rings. The van der Waals surface area contributed by atoms with Crippen molar-refractivity contribution in [1.29, 1.82) is 0 Å². The average Bonchev–Trinajstić information content (AvgIpc) is 2.83. The topological polar surface area (TPSA) is 49.8 Å². The fraction of sp³-hybridized carbons (Fsp3) is 0.364. The summed E-state index contributed by atoms with van der Waals surface area (Å²) in [6.45, 7) is 1.70. The molecule has 1 N–H and O–H groups in total. The van der Waals surface area contributed by atoms with Gasteiger partial charge in [0, 0.05) is 18.7 Å². The van der Waals surface area contributed by atoms with Crippen molar-refractivity contribution in [2.45, 2.75) is 12.8 Å². The molecule has 4 nitrogen and oxygen atoms in total. The summed E-state index contributed by atoms with van der Waals surface area (Å²) in [6.07, 6.45) is 2.18. The van der Waals surface area contributed by atoms with E-state index in [1.807, 2.05) is 4.90 Å². The molecule has 1 radical (unpaired) electrons. The van der Waals surface area contributed by atoms with E-state index in [0.29, 0.717) is 19.0 Å². The summed E-state index contributed by atoms with van der Waals surface area (Å²) in [4.78, 5) is 13.8. The third kappa shape index (κ3) is 2.36. The number of rotatable bonds is 3. The Morgan fingerprint density at radius 1 is 1.25 bits per heavy atom. The molecule has 5 heteroatoms. The minimum atomic E-state index is 0.0667. The van der Waals surface area contributed by atoms with Gasteiger partial charge in [-0.15, -0.1) is 0 Å². The van der Waals surface area contributed by atoms with E-state index in [1.165, 1.54) is 0 Å². The maximum atomic E-state index is 11.9. The van der Waals surface area contributed by atoms with E-state index >= 15 is 0 Å². The molecular weight excluding hydrogens is 205 g/mol. The number of likely N-dealkylation sites (tertiary alicyclic amines) is 1. The number of amides is 1. The molecule has 1 aliphatic rings. The van der Waals surface area contributed by atoms with E-state index in [0.717, 1.165) is 25.9 Å². The quantitative estimate of drug-likeness (QED) is 0.764. The highest BCUT2D eigenvalue weighted by atomic mass is 16.5. The fourth-order valence-electron chi connectivity index (χ4n) is 1.84. The molecule has 0 saturated carbocycles. The minimum absolute atomic E-state index is 0.0667. The summed E-state index contributed by atoms with van der Waals surface area (Å²) in [5.41, 5.74) is 0.659. The molecule has 0 unspecified atom stereocenters. The smallest absolute Gasteiger partial charge is 0.537 e. The summed E-state index contributed by atoms with van der Waals surface area (Å²) in [5, 5.41) is 8.45. The Balaban J connectivity index is 2.05. The SMILES string of the molecule is O=C(c1ccc(O[B]O)cc1)N1CCCC1. The molecule has 1 fully saturated rings. The Kier molecular flexibility index (Phi) is 3.46. The standard InChI is InChI=1S/C11H13BNO3/c14-11(13-7-1-2-8-13)9-3-5-10(6-4-9)16-12-15/h3-6,15H,1-2,7-8H2. The van der Waals surface area contributed by atoms with Gasteiger partial charge in [0.1, 0.15) is 5.75 Å². The Bertz CT molecular complexity index is 360. The number of hydrogen-bond acceptors (Lipinski definition) is 3. The van der Waals surface area contributed by atoms with Gasteiger partial charge in [-0.1, -0.05) is 0 Å². The van der Waals surface area contributed by atoms with Crippen LogP contribution < -0.4 is 4.65 Å². The molecule has 16 heavy (non-hydrogen) atoms. The van der Waals surface area contributed by atoms with Crippen molar-refractivity contribution >= 4 is 13.6 Å². The van der Waals surface area contributed by atoms with Crippen molar-refractivity contribution in [3.05, 3.63) is 29.8 Å². The van der Waals surface area contributed by atoms with Crippen molar-refractivity contribution in [2.24, 2.45) is 0 Å². The summed E-state index contributed by atoms with van der Waals surface area (Å²) in [7, 11) is 0.622. The van der Waals surface area contributed by atoms with Crippen molar-refractivity contribution < 1.29 is 14.5 Å². The van der Waals surface area contributed by atoms with Gasteiger partial charge >= 0.3 is 7.69 Å². The molecule has 0 spiro atoms. The second-order valence-electron chi connectivity index (χ2n) is 3.75. The van der Waals surface area contributed by atoms with Crippen LogP contribution in [0.3, 0.4) is 0 Å². The molecule has 83 valence electrons. The van der Waals surface area contributed by atoms with E-state index in [1.54, 1.807) is 24.3 Å². The normalized spacial score (nSPS) is 14.9. The first-order valence-electron chi connectivity index (χ1n) is 5.33. The van der Waals surface area contributed by atoms with Crippen molar-refractivity contribution in [1.82, 2.24) is 4.90 Å². The average molecular weight is 218 g/mol. The third-order valence-corrected chi connectivity index (χ3v) is 2.68. The molecule has 0 aromatic heterocycles. The third-order valence-electron chi connectivity index (χ3n) is 2.68. The molecule has 0 aliphatic carbocycles. The predicted octanol–water partition coefficient (Wildman–Crippen LogP) is 0.828. The van der Waals surface area contributed by atoms with Crippen LogP contribution in [0.1, 0.15) is 23.2 Å². The maximum Gasteiger partial charge on any atom is 0.569 e. The van der Waals surface area contributed by atoms with E-state index in [9.17, 15) is 4.79 Å². The van der Waals surface area contributed by atoms with E-state index in [-0.39, 0.29) is 5.91 Å². The fourth-order valence-corrected chi connectivity index (χ4v) is 1.84. The summed E-state index contributed by atoms with van der Waals surface area (Å²) in [5.74, 6) is 0.581. The molecule has 1 saturated heterocycles. The van der Waals surface area contributed by atoms with Crippen LogP contribution >= 0.6 is 0 Å². The zero-order chi connectivity index (χ0) is 11.4. The van der Waals surface area contributed by atoms with Crippen LogP contribution in [0.5, 0.6) is 5.75 Å². The molecule has 0 bridgehead atoms. The highest BCUT2D eigenvalue weighted by Gasteiger charge is 2.19. The van der Waals surface area contributed by atoms with Crippen LogP contribution in [0.2, 0.25) is 0 Å². The summed E-state index contributed by atoms with van der Waals surface area (Å²) in [6, 6.07) is 6.74. The van der Waals surface area contributed by atoms with Gasteiger partial charge in [0.2, 0.25) is 0 Å². The van der Waals surface area contributed by atoms with Crippen molar-refractivity contribution in [2.75, 3.05) is 13.1 Å². The van der Waals surface area contributed by atoms with Crippen molar-refractivity contribution in [3.63, 3.8) is 0 Å². The zero-order valence-corrected chi connectivity index (χ0v) is 8.93. The second-order valence-corrected chi connectivity index (χ2v) is 3.75. The number of benzene rings is 1. The van der Waals surface area contributed by atoms with Gasteiger partial charge in [0.25, 0.3) is 5.91 Å². The van der Waals surface area contributed by atoms with Gasteiger partial charge in [-0.2, -0.15) is 0 Å².